The molecule has 0 saturated heterocycles. The normalized spacial score (nSPS) is 21.0. The predicted octanol–water partition coefficient (Wildman–Crippen LogP) is 5.48. The van der Waals surface area contributed by atoms with Gasteiger partial charge in [0.2, 0.25) is 6.23 Å². The van der Waals surface area contributed by atoms with Crippen LogP contribution in [0.5, 0.6) is 5.75 Å². The molecule has 0 amide bonds. The molecule has 2 aromatic carbocycles. The molecule has 0 radical (unpaired) electrons. The minimum absolute atomic E-state index is 0.0723. The Kier molecular flexibility index (Phi) is 3.54. The van der Waals surface area contributed by atoms with Gasteiger partial charge in [-0.25, -0.2) is 5.01 Å². The molecule has 130 valence electrons. The molecule has 0 bridgehead atoms. The van der Waals surface area contributed by atoms with Gasteiger partial charge < -0.3 is 9.15 Å². The Morgan fingerprint density at radius 2 is 1.92 bits per heavy atom. The summed E-state index contributed by atoms with van der Waals surface area (Å²) in [5.41, 5.74) is 3.06. The Morgan fingerprint density at radius 1 is 1.08 bits per heavy atom. The zero-order valence-corrected chi connectivity index (χ0v) is 15.0. The van der Waals surface area contributed by atoms with E-state index in [4.69, 9.17) is 25.9 Å². The lowest BCUT2D eigenvalue weighted by molar-refractivity contribution is -0.0190. The van der Waals surface area contributed by atoms with Crippen molar-refractivity contribution in [1.82, 2.24) is 5.01 Å². The van der Waals surface area contributed by atoms with Crippen molar-refractivity contribution in [2.45, 2.75) is 25.6 Å². The van der Waals surface area contributed by atoms with E-state index in [-0.39, 0.29) is 12.3 Å². The molecule has 4 nitrogen and oxygen atoms in total. The fourth-order valence-electron chi connectivity index (χ4n) is 3.63. The number of furan rings is 1. The lowest BCUT2D eigenvalue weighted by atomic mass is 9.97. The standard InChI is InChI=1S/C21H17ClN2O2/c1-13-7-9-20(25-13)17-12-18-16-11-15(22)8-10-19(16)26-21(24(18)23-17)14-5-3-2-4-6-14/h2-11,18,21H,12H2,1H3/t18-,21+/m0/s1. The first-order valence-corrected chi connectivity index (χ1v) is 9.00. The number of ether oxygens (including phenoxy) is 1. The van der Waals surface area contributed by atoms with Crippen LogP contribution < -0.4 is 4.74 Å². The van der Waals surface area contributed by atoms with Gasteiger partial charge in [0.1, 0.15) is 23.0 Å². The van der Waals surface area contributed by atoms with Crippen LogP contribution in [0, 0.1) is 6.92 Å². The third-order valence-corrected chi connectivity index (χ3v) is 5.10. The second-order valence-electron chi connectivity index (χ2n) is 6.62. The number of benzene rings is 2. The van der Waals surface area contributed by atoms with E-state index in [0.29, 0.717) is 5.02 Å². The Balaban J connectivity index is 1.61. The second kappa shape index (κ2) is 5.92. The zero-order valence-electron chi connectivity index (χ0n) is 14.2. The van der Waals surface area contributed by atoms with Gasteiger partial charge in [0.15, 0.2) is 0 Å². The molecule has 2 atom stereocenters. The molecule has 1 aromatic heterocycles. The van der Waals surface area contributed by atoms with E-state index >= 15 is 0 Å². The third-order valence-electron chi connectivity index (χ3n) is 4.86. The van der Waals surface area contributed by atoms with E-state index in [0.717, 1.165) is 40.5 Å². The summed E-state index contributed by atoms with van der Waals surface area (Å²) in [6.07, 6.45) is 0.482. The van der Waals surface area contributed by atoms with Crippen molar-refractivity contribution in [3.8, 4) is 5.75 Å². The van der Waals surface area contributed by atoms with Crippen LogP contribution in [-0.4, -0.2) is 10.7 Å². The van der Waals surface area contributed by atoms with Gasteiger partial charge in [-0.15, -0.1) is 0 Å². The highest BCUT2D eigenvalue weighted by Gasteiger charge is 2.41. The van der Waals surface area contributed by atoms with E-state index in [1.54, 1.807) is 0 Å². The van der Waals surface area contributed by atoms with E-state index in [1.165, 1.54) is 0 Å². The highest BCUT2D eigenvalue weighted by molar-refractivity contribution is 6.30. The summed E-state index contributed by atoms with van der Waals surface area (Å²) in [7, 11) is 0. The molecule has 0 aliphatic carbocycles. The molecule has 3 heterocycles. The number of nitrogens with zero attached hydrogens (tertiary/aromatic N) is 2. The van der Waals surface area contributed by atoms with Crippen LogP contribution in [0.15, 0.2) is 70.2 Å². The maximum atomic E-state index is 6.31. The fraction of sp³-hybridized carbons (Fsp3) is 0.190. The summed E-state index contributed by atoms with van der Waals surface area (Å²) in [5, 5.41) is 7.60. The van der Waals surface area contributed by atoms with Crippen LogP contribution in [0.2, 0.25) is 5.02 Å². The van der Waals surface area contributed by atoms with Crippen molar-refractivity contribution in [3.05, 3.63) is 88.3 Å². The van der Waals surface area contributed by atoms with Crippen molar-refractivity contribution < 1.29 is 9.15 Å². The van der Waals surface area contributed by atoms with Crippen molar-refractivity contribution >= 4 is 17.3 Å². The van der Waals surface area contributed by atoms with Gasteiger partial charge in [-0.05, 0) is 37.3 Å². The molecule has 0 N–H and O–H groups in total. The van der Waals surface area contributed by atoms with Gasteiger partial charge >= 0.3 is 0 Å². The number of hydrazone groups is 1. The Hall–Kier alpha value is -2.72. The Morgan fingerprint density at radius 3 is 2.69 bits per heavy atom. The molecule has 3 aromatic rings. The smallest absolute Gasteiger partial charge is 0.213 e. The van der Waals surface area contributed by atoms with Gasteiger partial charge in [0, 0.05) is 22.6 Å². The second-order valence-corrected chi connectivity index (χ2v) is 7.06. The maximum Gasteiger partial charge on any atom is 0.213 e. The first-order chi connectivity index (χ1) is 12.7. The highest BCUT2D eigenvalue weighted by Crippen LogP contribution is 2.48. The molecular weight excluding hydrogens is 348 g/mol. The van der Waals surface area contributed by atoms with Crippen molar-refractivity contribution in [3.63, 3.8) is 0 Å². The van der Waals surface area contributed by atoms with E-state index in [9.17, 15) is 0 Å². The van der Waals surface area contributed by atoms with Crippen molar-refractivity contribution in [1.29, 1.82) is 0 Å². The molecule has 0 spiro atoms. The monoisotopic (exact) mass is 364 g/mol. The number of hydrogen-bond acceptors (Lipinski definition) is 4. The summed E-state index contributed by atoms with van der Waals surface area (Å²) in [5.74, 6) is 2.55. The fourth-order valence-corrected chi connectivity index (χ4v) is 3.81. The van der Waals surface area contributed by atoms with Gasteiger partial charge in [0.25, 0.3) is 0 Å². The minimum Gasteiger partial charge on any atom is -0.464 e. The van der Waals surface area contributed by atoms with Crippen molar-refractivity contribution in [2.24, 2.45) is 5.10 Å². The highest BCUT2D eigenvalue weighted by atomic mass is 35.5. The quantitative estimate of drug-likeness (QED) is 0.604. The molecule has 26 heavy (non-hydrogen) atoms. The molecule has 5 rings (SSSR count). The number of fused-ring (bicyclic) bond motifs is 3. The number of rotatable bonds is 2. The molecule has 0 unspecified atom stereocenters. The summed E-state index contributed by atoms with van der Waals surface area (Å²) >= 11 is 6.25. The molecule has 0 saturated carbocycles. The van der Waals surface area contributed by atoms with Gasteiger partial charge in [-0.3, -0.25) is 0 Å². The van der Waals surface area contributed by atoms with Crippen molar-refractivity contribution in [2.75, 3.05) is 0 Å². The first kappa shape index (κ1) is 15.5. The van der Waals surface area contributed by atoms with Crippen LogP contribution >= 0.6 is 11.6 Å². The Labute approximate surface area is 156 Å². The van der Waals surface area contributed by atoms with Gasteiger partial charge in [-0.2, -0.15) is 5.10 Å². The third kappa shape index (κ3) is 2.49. The maximum absolute atomic E-state index is 6.31. The average molecular weight is 365 g/mol. The summed E-state index contributed by atoms with van der Waals surface area (Å²) in [6.45, 7) is 1.94. The van der Waals surface area contributed by atoms with Gasteiger partial charge in [-0.1, -0.05) is 41.9 Å². The topological polar surface area (TPSA) is 38.0 Å². The predicted molar refractivity (Wildman–Crippen MR) is 100 cm³/mol. The summed E-state index contributed by atoms with van der Waals surface area (Å²) < 4.78 is 12.1. The number of hydrogen-bond donors (Lipinski definition) is 0. The van der Waals surface area contributed by atoms with E-state index < -0.39 is 0 Å². The molecule has 5 heteroatoms. The molecule has 2 aliphatic heterocycles. The largest absolute Gasteiger partial charge is 0.464 e. The van der Waals surface area contributed by atoms with Gasteiger partial charge in [0.05, 0.1) is 6.04 Å². The number of halogens is 1. The van der Waals surface area contributed by atoms with Crippen LogP contribution in [0.25, 0.3) is 0 Å². The summed E-state index contributed by atoms with van der Waals surface area (Å²) in [4.78, 5) is 0. The van der Waals surface area contributed by atoms with E-state index in [2.05, 4.69) is 12.1 Å². The Bertz CT molecular complexity index is 996. The zero-order chi connectivity index (χ0) is 17.7. The average Bonchev–Trinajstić information content (AvgIpc) is 3.28. The van der Waals surface area contributed by atoms with Crippen LogP contribution in [0.4, 0.5) is 0 Å². The SMILES string of the molecule is Cc1ccc(C2=NN3[C@@H](c4ccccc4)Oc4ccc(Cl)cc4[C@@H]3C2)o1. The lowest BCUT2D eigenvalue weighted by Crippen LogP contribution is -2.33. The lowest BCUT2D eigenvalue weighted by Gasteiger charge is -2.38. The van der Waals surface area contributed by atoms with Crippen LogP contribution in [0.3, 0.4) is 0 Å². The first-order valence-electron chi connectivity index (χ1n) is 8.63. The minimum atomic E-state index is -0.275. The van der Waals surface area contributed by atoms with Crippen LogP contribution in [-0.2, 0) is 0 Å². The molecular formula is C21H17ClN2O2. The summed E-state index contributed by atoms with van der Waals surface area (Å²) in [6, 6.07) is 20.0. The van der Waals surface area contributed by atoms with E-state index in [1.807, 2.05) is 60.5 Å². The number of aryl methyl sites for hydroxylation is 1. The molecule has 2 aliphatic rings. The molecule has 0 fully saturated rings. The van der Waals surface area contributed by atoms with Crippen LogP contribution in [0.1, 0.15) is 41.3 Å².